The summed E-state index contributed by atoms with van der Waals surface area (Å²) in [5, 5.41) is 3.00. The van der Waals surface area contributed by atoms with Crippen LogP contribution in [-0.4, -0.2) is 29.1 Å². The molecular formula is C13H24N2O2S. The van der Waals surface area contributed by atoms with Crippen molar-refractivity contribution in [3.8, 4) is 0 Å². The molecular weight excluding hydrogens is 248 g/mol. The monoisotopic (exact) mass is 272 g/mol. The Bertz CT molecular complexity index is 297. The van der Waals surface area contributed by atoms with Crippen molar-refractivity contribution >= 4 is 23.1 Å². The molecule has 18 heavy (non-hydrogen) atoms. The number of nitrogens with one attached hydrogen (secondary N) is 1. The first-order valence-corrected chi connectivity index (χ1v) is 7.09. The minimum absolute atomic E-state index is 0.0469. The van der Waals surface area contributed by atoms with Gasteiger partial charge in [0.25, 0.3) is 0 Å². The second-order valence-corrected chi connectivity index (χ2v) is 5.71. The Morgan fingerprint density at radius 1 is 1.33 bits per heavy atom. The highest BCUT2D eigenvalue weighted by Crippen LogP contribution is 2.27. The van der Waals surface area contributed by atoms with Crippen molar-refractivity contribution in [1.29, 1.82) is 0 Å². The zero-order valence-electron chi connectivity index (χ0n) is 11.3. The average Bonchev–Trinajstić information content (AvgIpc) is 2.53. The van der Waals surface area contributed by atoms with E-state index in [9.17, 15) is 4.79 Å². The molecule has 3 N–H and O–H groups in total. The lowest BCUT2D eigenvalue weighted by Crippen LogP contribution is -2.57. The van der Waals surface area contributed by atoms with Gasteiger partial charge in [0.2, 0.25) is 5.91 Å². The number of hydrogen-bond acceptors (Lipinski definition) is 3. The summed E-state index contributed by atoms with van der Waals surface area (Å²) in [5.41, 5.74) is 5.35. The van der Waals surface area contributed by atoms with Gasteiger partial charge in [0.05, 0.1) is 16.6 Å². The van der Waals surface area contributed by atoms with E-state index in [1.165, 1.54) is 12.8 Å². The van der Waals surface area contributed by atoms with Crippen LogP contribution in [0.2, 0.25) is 0 Å². The summed E-state index contributed by atoms with van der Waals surface area (Å²) in [6.07, 6.45) is 6.22. The highest BCUT2D eigenvalue weighted by molar-refractivity contribution is 7.80. The third-order valence-electron chi connectivity index (χ3n) is 3.36. The lowest BCUT2D eigenvalue weighted by molar-refractivity contribution is -0.128. The second-order valence-electron chi connectivity index (χ2n) is 5.27. The third kappa shape index (κ3) is 4.53. The van der Waals surface area contributed by atoms with Gasteiger partial charge in [-0.3, -0.25) is 4.79 Å². The Morgan fingerprint density at radius 3 is 2.33 bits per heavy atom. The van der Waals surface area contributed by atoms with E-state index in [4.69, 9.17) is 22.7 Å². The summed E-state index contributed by atoms with van der Waals surface area (Å²) in [4.78, 5) is 12.3. The molecule has 0 spiro atoms. The van der Waals surface area contributed by atoms with Gasteiger partial charge >= 0.3 is 0 Å². The second kappa shape index (κ2) is 7.04. The fourth-order valence-electron chi connectivity index (χ4n) is 2.31. The van der Waals surface area contributed by atoms with Gasteiger partial charge in [0.15, 0.2) is 0 Å². The predicted octanol–water partition coefficient (Wildman–Crippen LogP) is 1.91. The van der Waals surface area contributed by atoms with Gasteiger partial charge in [-0.25, -0.2) is 0 Å². The average molecular weight is 272 g/mol. The van der Waals surface area contributed by atoms with Gasteiger partial charge in [0.1, 0.15) is 6.61 Å². The van der Waals surface area contributed by atoms with Crippen molar-refractivity contribution < 1.29 is 9.53 Å². The SMILES string of the molecule is CC(C)OCC(=O)NC1(C(N)=S)CCCCCC1. The first kappa shape index (κ1) is 15.4. The number of thiocarbonyl (C=S) groups is 1. The molecule has 0 aliphatic heterocycles. The van der Waals surface area contributed by atoms with E-state index in [0.29, 0.717) is 4.99 Å². The largest absolute Gasteiger partial charge is 0.391 e. The molecule has 1 aliphatic carbocycles. The predicted molar refractivity (Wildman–Crippen MR) is 76.4 cm³/mol. The standard InChI is InChI=1S/C13H24N2O2S/c1-10(2)17-9-11(16)15-13(12(14)18)7-5-3-4-6-8-13/h10H,3-9H2,1-2H3,(H2,14,18)(H,15,16). The lowest BCUT2D eigenvalue weighted by atomic mass is 9.90. The van der Waals surface area contributed by atoms with Crippen molar-refractivity contribution in [1.82, 2.24) is 5.32 Å². The van der Waals surface area contributed by atoms with Crippen LogP contribution in [-0.2, 0) is 9.53 Å². The number of rotatable bonds is 5. The summed E-state index contributed by atoms with van der Waals surface area (Å²) in [6, 6.07) is 0. The van der Waals surface area contributed by atoms with Gasteiger partial charge in [0, 0.05) is 0 Å². The van der Waals surface area contributed by atoms with E-state index < -0.39 is 5.54 Å². The van der Waals surface area contributed by atoms with Crippen molar-refractivity contribution in [2.45, 2.75) is 64.0 Å². The number of ether oxygens (including phenoxy) is 1. The van der Waals surface area contributed by atoms with Gasteiger partial charge in [-0.1, -0.05) is 37.9 Å². The maximum Gasteiger partial charge on any atom is 0.246 e. The Labute approximate surface area is 115 Å². The minimum atomic E-state index is -0.497. The molecule has 4 nitrogen and oxygen atoms in total. The molecule has 5 heteroatoms. The van der Waals surface area contributed by atoms with E-state index >= 15 is 0 Å². The Morgan fingerprint density at radius 2 is 1.89 bits per heavy atom. The normalized spacial score (nSPS) is 19.3. The fourth-order valence-corrected chi connectivity index (χ4v) is 2.57. The van der Waals surface area contributed by atoms with Crippen LogP contribution in [0.5, 0.6) is 0 Å². The van der Waals surface area contributed by atoms with Gasteiger partial charge < -0.3 is 15.8 Å². The molecule has 0 heterocycles. The smallest absolute Gasteiger partial charge is 0.246 e. The Hall–Kier alpha value is -0.680. The third-order valence-corrected chi connectivity index (χ3v) is 3.75. The van der Waals surface area contributed by atoms with E-state index in [2.05, 4.69) is 5.32 Å². The number of hydrogen-bond donors (Lipinski definition) is 2. The summed E-state index contributed by atoms with van der Waals surface area (Å²) in [5.74, 6) is -0.126. The first-order valence-electron chi connectivity index (χ1n) is 6.69. The lowest BCUT2D eigenvalue weighted by Gasteiger charge is -2.33. The van der Waals surface area contributed by atoms with Crippen LogP contribution in [0.15, 0.2) is 0 Å². The molecule has 0 atom stereocenters. The summed E-state index contributed by atoms with van der Waals surface area (Å²) in [7, 11) is 0. The maximum absolute atomic E-state index is 11.9. The molecule has 1 aliphatic rings. The van der Waals surface area contributed by atoms with E-state index in [1.807, 2.05) is 13.8 Å². The number of carbonyl (C=O) groups excluding carboxylic acids is 1. The molecule has 1 amide bonds. The van der Waals surface area contributed by atoms with Crippen molar-refractivity contribution in [3.63, 3.8) is 0 Å². The van der Waals surface area contributed by atoms with Crippen LogP contribution in [0.4, 0.5) is 0 Å². The van der Waals surface area contributed by atoms with Crippen molar-refractivity contribution in [2.24, 2.45) is 5.73 Å². The highest BCUT2D eigenvalue weighted by Gasteiger charge is 2.35. The van der Waals surface area contributed by atoms with Crippen molar-refractivity contribution in [3.05, 3.63) is 0 Å². The van der Waals surface area contributed by atoms with Gasteiger partial charge in [-0.2, -0.15) is 0 Å². The number of nitrogens with two attached hydrogens (primary N) is 1. The molecule has 1 rings (SSSR count). The van der Waals surface area contributed by atoms with Gasteiger partial charge in [-0.15, -0.1) is 0 Å². The van der Waals surface area contributed by atoms with E-state index in [1.54, 1.807) is 0 Å². The van der Waals surface area contributed by atoms with Crippen LogP contribution in [0.3, 0.4) is 0 Å². The Kier molecular flexibility index (Phi) is 6.02. The minimum Gasteiger partial charge on any atom is -0.391 e. The maximum atomic E-state index is 11.9. The number of carbonyl (C=O) groups is 1. The molecule has 0 unspecified atom stereocenters. The Balaban J connectivity index is 2.61. The summed E-state index contributed by atoms with van der Waals surface area (Å²) < 4.78 is 5.31. The fraction of sp³-hybridized carbons (Fsp3) is 0.846. The van der Waals surface area contributed by atoms with E-state index in [-0.39, 0.29) is 18.6 Å². The molecule has 0 saturated heterocycles. The molecule has 0 aromatic rings. The van der Waals surface area contributed by atoms with Gasteiger partial charge in [-0.05, 0) is 26.7 Å². The molecule has 1 saturated carbocycles. The first-order chi connectivity index (χ1) is 8.46. The van der Waals surface area contributed by atoms with Crippen LogP contribution in [0.25, 0.3) is 0 Å². The van der Waals surface area contributed by atoms with Crippen LogP contribution >= 0.6 is 12.2 Å². The van der Waals surface area contributed by atoms with Crippen LogP contribution in [0.1, 0.15) is 52.4 Å². The van der Waals surface area contributed by atoms with Crippen molar-refractivity contribution in [2.75, 3.05) is 6.61 Å². The molecule has 0 aromatic carbocycles. The zero-order chi connectivity index (χ0) is 13.6. The van der Waals surface area contributed by atoms with E-state index in [0.717, 1.165) is 25.7 Å². The van der Waals surface area contributed by atoms with Crippen LogP contribution in [0, 0.1) is 0 Å². The summed E-state index contributed by atoms with van der Waals surface area (Å²) in [6.45, 7) is 3.88. The quantitative estimate of drug-likeness (QED) is 0.593. The topological polar surface area (TPSA) is 64.3 Å². The molecule has 0 aromatic heterocycles. The molecule has 1 fully saturated rings. The highest BCUT2D eigenvalue weighted by atomic mass is 32.1. The summed E-state index contributed by atoms with van der Waals surface area (Å²) >= 11 is 5.16. The molecule has 104 valence electrons. The van der Waals surface area contributed by atoms with Crippen LogP contribution < -0.4 is 11.1 Å². The number of amides is 1. The zero-order valence-corrected chi connectivity index (χ0v) is 12.1. The molecule has 0 bridgehead atoms. The molecule has 0 radical (unpaired) electrons.